The molecule has 0 aromatic heterocycles. The van der Waals surface area contributed by atoms with Crippen molar-refractivity contribution >= 4 is 0 Å². The average molecular weight is 486 g/mol. The van der Waals surface area contributed by atoms with E-state index in [9.17, 15) is 8.78 Å². The van der Waals surface area contributed by atoms with Crippen molar-refractivity contribution < 1.29 is 33.0 Å². The van der Waals surface area contributed by atoms with Gasteiger partial charge >= 0.3 is 19.5 Å². The van der Waals surface area contributed by atoms with Gasteiger partial charge in [-0.25, -0.2) is 4.39 Å². The number of hydrogen-bond acceptors (Lipinski definition) is 1. The molecule has 0 spiro atoms. The fourth-order valence-electron chi connectivity index (χ4n) is 4.44. The number of halogens is 2. The topological polar surface area (TPSA) is 9.23 Å². The van der Waals surface area contributed by atoms with Gasteiger partial charge in [0.15, 0.2) is 0 Å². The third kappa shape index (κ3) is 7.44. The van der Waals surface area contributed by atoms with Crippen molar-refractivity contribution in [2.45, 2.75) is 106 Å². The first-order valence-electron chi connectivity index (χ1n) is 11.9. The molecule has 0 bridgehead atoms. The molecule has 3 rings (SSSR count). The van der Waals surface area contributed by atoms with E-state index in [-0.39, 0.29) is 31.3 Å². The summed E-state index contributed by atoms with van der Waals surface area (Å²) in [4.78, 5) is 0. The average Bonchev–Trinajstić information content (AvgIpc) is 2.75. The van der Waals surface area contributed by atoms with Gasteiger partial charge in [-0.05, 0) is 30.1 Å². The summed E-state index contributed by atoms with van der Waals surface area (Å²) in [5, 5.41) is 0. The molecule has 1 heterocycles. The predicted molar refractivity (Wildman–Crippen MR) is 123 cm³/mol. The van der Waals surface area contributed by atoms with E-state index in [1.54, 1.807) is 6.07 Å². The number of hydrogen-bond donors (Lipinski definition) is 0. The summed E-state index contributed by atoms with van der Waals surface area (Å²) >= 11 is 0. The van der Waals surface area contributed by atoms with Gasteiger partial charge in [0.25, 0.3) is 0 Å². The Balaban J connectivity index is 0.000000370. The molecule has 172 valence electrons. The fourth-order valence-corrected chi connectivity index (χ4v) is 4.44. The van der Waals surface area contributed by atoms with Crippen LogP contribution in [0.25, 0.3) is 0 Å². The maximum absolute atomic E-state index is 14.3. The van der Waals surface area contributed by atoms with Gasteiger partial charge in [0, 0.05) is 0 Å². The summed E-state index contributed by atoms with van der Waals surface area (Å²) in [5.41, 5.74) is 1.74. The predicted octanol–water partition coefficient (Wildman–Crippen LogP) is 8.48. The van der Waals surface area contributed by atoms with E-state index in [0.717, 1.165) is 36.7 Å². The minimum atomic E-state index is -0.821. The van der Waals surface area contributed by atoms with Crippen molar-refractivity contribution in [1.82, 2.24) is 0 Å². The van der Waals surface area contributed by atoms with Crippen LogP contribution < -0.4 is 4.74 Å². The zero-order chi connectivity index (χ0) is 22.5. The van der Waals surface area contributed by atoms with Crippen LogP contribution in [0.2, 0.25) is 0 Å². The van der Waals surface area contributed by atoms with Crippen LogP contribution >= 0.6 is 0 Å². The van der Waals surface area contributed by atoms with Crippen molar-refractivity contribution in [1.29, 1.82) is 0 Å². The number of ether oxygens (including phenoxy) is 1. The van der Waals surface area contributed by atoms with E-state index in [4.69, 9.17) is 4.74 Å². The Morgan fingerprint density at radius 2 is 1.74 bits per heavy atom. The molecule has 2 aliphatic rings. The van der Waals surface area contributed by atoms with Crippen LogP contribution in [0, 0.1) is 41.2 Å². The van der Waals surface area contributed by atoms with Gasteiger partial charge in [-0.3, -0.25) is 4.39 Å². The van der Waals surface area contributed by atoms with Gasteiger partial charge in [-0.2, -0.15) is 30.4 Å². The minimum absolute atomic E-state index is 0. The summed E-state index contributed by atoms with van der Waals surface area (Å²) in [7, 11) is 0. The zero-order valence-electron chi connectivity index (χ0n) is 20.9. The largest absolute Gasteiger partial charge is 2.00 e. The van der Waals surface area contributed by atoms with E-state index in [1.165, 1.54) is 25.7 Å². The molecule has 0 radical (unpaired) electrons. The minimum Gasteiger partial charge on any atom is -0.489 e. The molecular formula is C27H42F2OZn. The Hall–Kier alpha value is -0.627. The molecule has 4 heteroatoms. The van der Waals surface area contributed by atoms with Crippen molar-refractivity contribution in [3.8, 4) is 5.75 Å². The zero-order valence-corrected chi connectivity index (χ0v) is 23.9. The van der Waals surface area contributed by atoms with Crippen molar-refractivity contribution in [2.24, 2.45) is 17.3 Å². The van der Waals surface area contributed by atoms with Crippen LogP contribution in [0.1, 0.15) is 105 Å². The normalized spacial score (nSPS) is 19.8. The molecule has 31 heavy (non-hydrogen) atoms. The first-order valence-corrected chi connectivity index (χ1v) is 11.9. The molecule has 1 fully saturated rings. The van der Waals surface area contributed by atoms with Gasteiger partial charge < -0.3 is 11.2 Å². The molecule has 1 aromatic carbocycles. The monoisotopic (exact) mass is 484 g/mol. The van der Waals surface area contributed by atoms with Gasteiger partial charge in [0.2, 0.25) is 0 Å². The number of benzene rings is 1. The molecule has 2 atom stereocenters. The molecule has 1 saturated carbocycles. The number of aryl methyl sites for hydroxylation is 1. The Morgan fingerprint density at radius 3 is 2.23 bits per heavy atom. The molecule has 0 saturated heterocycles. The summed E-state index contributed by atoms with van der Waals surface area (Å²) in [6.45, 7) is 15.1. The van der Waals surface area contributed by atoms with Gasteiger partial charge in [-0.1, -0.05) is 79.7 Å². The van der Waals surface area contributed by atoms with Gasteiger partial charge in [-0.15, -0.1) is 0 Å². The van der Waals surface area contributed by atoms with E-state index in [2.05, 4.69) is 41.0 Å². The number of fused-ring (bicyclic) bond motifs is 1. The third-order valence-electron chi connectivity index (χ3n) is 7.14. The molecule has 1 aliphatic carbocycles. The quantitative estimate of drug-likeness (QED) is 0.307. The van der Waals surface area contributed by atoms with Gasteiger partial charge in [0.05, 0.1) is 5.82 Å². The van der Waals surface area contributed by atoms with Crippen LogP contribution in [0.4, 0.5) is 8.78 Å². The van der Waals surface area contributed by atoms with E-state index in [1.807, 2.05) is 13.8 Å². The molecule has 1 nitrogen and oxygen atoms in total. The molecule has 0 amide bonds. The molecule has 2 unspecified atom stereocenters. The molecule has 1 aliphatic heterocycles. The molecule has 1 aromatic rings. The number of rotatable bonds is 4. The Morgan fingerprint density at radius 1 is 1.13 bits per heavy atom. The Labute approximate surface area is 202 Å². The van der Waals surface area contributed by atoms with Crippen molar-refractivity contribution in [2.75, 3.05) is 0 Å². The molecule has 0 N–H and O–H groups in total. The van der Waals surface area contributed by atoms with Crippen LogP contribution in [0.5, 0.6) is 5.75 Å². The van der Waals surface area contributed by atoms with Crippen LogP contribution in [-0.2, 0) is 25.9 Å². The van der Waals surface area contributed by atoms with E-state index < -0.39 is 11.6 Å². The fraction of sp³-hybridized carbons (Fsp3) is 0.704. The first kappa shape index (κ1) is 28.4. The third-order valence-corrected chi connectivity index (χ3v) is 7.14. The molecular weight excluding hydrogens is 444 g/mol. The smallest absolute Gasteiger partial charge is 0.489 e. The van der Waals surface area contributed by atoms with Crippen LogP contribution in [0.15, 0.2) is 6.07 Å². The van der Waals surface area contributed by atoms with Crippen molar-refractivity contribution in [3.63, 3.8) is 0 Å². The standard InChI is InChI=1S/C17H23F2O.C10H19.Zn/c1-5-10(3)13-9-12-7-8-14(11(4)6-2)20-17(12)16(19)15(13)18;1-10(2,3)9-7-5-4-6-8-9;/h9,11,14H,5-8H2,1-4H3;4,9H,5-8H2,1-3H3;/q2*-1;+2. The van der Waals surface area contributed by atoms with E-state index >= 15 is 0 Å². The van der Waals surface area contributed by atoms with E-state index in [0.29, 0.717) is 23.3 Å². The Kier molecular flexibility index (Phi) is 11.5. The maximum Gasteiger partial charge on any atom is 2.00 e. The first-order chi connectivity index (χ1) is 14.1. The summed E-state index contributed by atoms with van der Waals surface area (Å²) < 4.78 is 34.2. The van der Waals surface area contributed by atoms with Crippen LogP contribution in [-0.4, -0.2) is 6.10 Å². The second-order valence-electron chi connectivity index (χ2n) is 10.3. The van der Waals surface area contributed by atoms with Gasteiger partial charge in [0.1, 0.15) is 17.7 Å². The van der Waals surface area contributed by atoms with Crippen LogP contribution in [0.3, 0.4) is 0 Å². The van der Waals surface area contributed by atoms with Crippen molar-refractivity contribution in [3.05, 3.63) is 41.2 Å². The SMILES string of the molecule is CC(C)(C)C1CC[CH-]CC1.CC[C-](C)c1cc2c(c(F)c1F)OC(C(C)CC)CC2.[Zn+2]. The Bertz CT molecular complexity index is 677. The summed E-state index contributed by atoms with van der Waals surface area (Å²) in [5.74, 6) is 0.734. The summed E-state index contributed by atoms with van der Waals surface area (Å²) in [6.07, 6.45) is 11.3. The second-order valence-corrected chi connectivity index (χ2v) is 10.3. The second kappa shape index (κ2) is 12.6. The summed E-state index contributed by atoms with van der Waals surface area (Å²) in [6, 6.07) is 1.76. The maximum atomic E-state index is 14.3.